The largest absolute Gasteiger partial charge is 0.325 e. The van der Waals surface area contributed by atoms with Crippen LogP contribution in [0.25, 0.3) is 0 Å². The lowest BCUT2D eigenvalue weighted by molar-refractivity contribution is -0.117. The maximum Gasteiger partial charge on any atom is 0.238 e. The molecule has 1 atom stereocenters. The SMILES string of the molecule is Cc1ccc(NC(=O)CN(C)C2CCc3ccccc32)c(C)c1. The number of hydrogen-bond acceptors (Lipinski definition) is 2. The number of nitrogens with zero attached hydrogens (tertiary/aromatic N) is 1. The molecule has 1 aliphatic carbocycles. The first kappa shape index (κ1) is 15.8. The molecule has 3 nitrogen and oxygen atoms in total. The van der Waals surface area contributed by atoms with Gasteiger partial charge in [0.1, 0.15) is 0 Å². The number of fused-ring (bicyclic) bond motifs is 1. The molecule has 0 radical (unpaired) electrons. The van der Waals surface area contributed by atoms with Crippen molar-refractivity contribution in [1.29, 1.82) is 0 Å². The second-order valence-corrected chi connectivity index (χ2v) is 6.53. The Kier molecular flexibility index (Phi) is 4.49. The quantitative estimate of drug-likeness (QED) is 0.930. The average Bonchev–Trinajstić information content (AvgIpc) is 2.94. The molecule has 1 unspecified atom stereocenters. The van der Waals surface area contributed by atoms with E-state index in [1.54, 1.807) is 0 Å². The van der Waals surface area contributed by atoms with Gasteiger partial charge in [0.15, 0.2) is 0 Å². The number of carbonyl (C=O) groups is 1. The summed E-state index contributed by atoms with van der Waals surface area (Å²) < 4.78 is 0. The van der Waals surface area contributed by atoms with Crippen molar-refractivity contribution in [2.75, 3.05) is 18.9 Å². The number of anilines is 1. The molecule has 23 heavy (non-hydrogen) atoms. The van der Waals surface area contributed by atoms with E-state index in [1.165, 1.54) is 16.7 Å². The number of aryl methyl sites for hydroxylation is 3. The number of benzene rings is 2. The van der Waals surface area contributed by atoms with Gasteiger partial charge < -0.3 is 5.32 Å². The van der Waals surface area contributed by atoms with Gasteiger partial charge in [0.25, 0.3) is 0 Å². The van der Waals surface area contributed by atoms with Crippen molar-refractivity contribution in [3.8, 4) is 0 Å². The third-order valence-corrected chi connectivity index (χ3v) is 4.68. The first-order valence-electron chi connectivity index (χ1n) is 8.20. The van der Waals surface area contributed by atoms with Gasteiger partial charge in [-0.1, -0.05) is 42.0 Å². The van der Waals surface area contributed by atoms with Crippen molar-refractivity contribution in [2.24, 2.45) is 0 Å². The predicted octanol–water partition coefficient (Wildman–Crippen LogP) is 3.86. The van der Waals surface area contributed by atoms with E-state index in [0.29, 0.717) is 12.6 Å². The van der Waals surface area contributed by atoms with E-state index in [-0.39, 0.29) is 5.91 Å². The van der Waals surface area contributed by atoms with Crippen LogP contribution < -0.4 is 5.32 Å². The predicted molar refractivity (Wildman–Crippen MR) is 94.7 cm³/mol. The molecular formula is C20H24N2O. The minimum Gasteiger partial charge on any atom is -0.325 e. The minimum absolute atomic E-state index is 0.0452. The van der Waals surface area contributed by atoms with Crippen molar-refractivity contribution in [2.45, 2.75) is 32.7 Å². The van der Waals surface area contributed by atoms with Crippen LogP contribution in [0.2, 0.25) is 0 Å². The lowest BCUT2D eigenvalue weighted by Crippen LogP contribution is -2.32. The molecule has 0 aliphatic heterocycles. The van der Waals surface area contributed by atoms with Gasteiger partial charge in [0.2, 0.25) is 5.91 Å². The maximum atomic E-state index is 12.4. The van der Waals surface area contributed by atoms with Crippen molar-refractivity contribution in [1.82, 2.24) is 4.90 Å². The second kappa shape index (κ2) is 6.55. The molecule has 120 valence electrons. The topological polar surface area (TPSA) is 32.3 Å². The summed E-state index contributed by atoms with van der Waals surface area (Å²) in [5.74, 6) is 0.0452. The molecule has 1 N–H and O–H groups in total. The highest BCUT2D eigenvalue weighted by molar-refractivity contribution is 5.93. The molecule has 3 heteroatoms. The van der Waals surface area contributed by atoms with Gasteiger partial charge in [-0.05, 0) is 56.5 Å². The fourth-order valence-corrected chi connectivity index (χ4v) is 3.47. The Bertz CT molecular complexity index is 723. The van der Waals surface area contributed by atoms with E-state index >= 15 is 0 Å². The average molecular weight is 308 g/mol. The van der Waals surface area contributed by atoms with Gasteiger partial charge in [0.05, 0.1) is 6.54 Å². The summed E-state index contributed by atoms with van der Waals surface area (Å²) in [5.41, 5.74) is 6.00. The zero-order valence-corrected chi connectivity index (χ0v) is 14.1. The Morgan fingerprint density at radius 3 is 2.78 bits per heavy atom. The Morgan fingerprint density at radius 1 is 1.22 bits per heavy atom. The Morgan fingerprint density at radius 2 is 2.00 bits per heavy atom. The number of hydrogen-bond donors (Lipinski definition) is 1. The summed E-state index contributed by atoms with van der Waals surface area (Å²) in [5, 5.41) is 3.04. The second-order valence-electron chi connectivity index (χ2n) is 6.53. The molecule has 3 rings (SSSR count). The highest BCUT2D eigenvalue weighted by Gasteiger charge is 2.26. The lowest BCUT2D eigenvalue weighted by atomic mass is 10.1. The van der Waals surface area contributed by atoms with Gasteiger partial charge in [-0.2, -0.15) is 0 Å². The van der Waals surface area contributed by atoms with Crippen LogP contribution in [0.4, 0.5) is 5.69 Å². The molecule has 0 saturated carbocycles. The van der Waals surface area contributed by atoms with Crippen molar-refractivity contribution in [3.63, 3.8) is 0 Å². The molecule has 2 aromatic rings. The van der Waals surface area contributed by atoms with Crippen molar-refractivity contribution in [3.05, 3.63) is 64.7 Å². The van der Waals surface area contributed by atoms with Crippen LogP contribution in [-0.4, -0.2) is 24.4 Å². The minimum atomic E-state index is 0.0452. The van der Waals surface area contributed by atoms with Crippen LogP contribution >= 0.6 is 0 Å². The van der Waals surface area contributed by atoms with Crippen LogP contribution in [-0.2, 0) is 11.2 Å². The van der Waals surface area contributed by atoms with Crippen LogP contribution in [0.5, 0.6) is 0 Å². The molecule has 0 heterocycles. The molecule has 1 aliphatic rings. The van der Waals surface area contributed by atoms with Gasteiger partial charge in [-0.3, -0.25) is 9.69 Å². The van der Waals surface area contributed by atoms with E-state index in [1.807, 2.05) is 26.1 Å². The van der Waals surface area contributed by atoms with Gasteiger partial charge in [-0.25, -0.2) is 0 Å². The Hall–Kier alpha value is -2.13. The Balaban J connectivity index is 1.64. The van der Waals surface area contributed by atoms with E-state index < -0.39 is 0 Å². The smallest absolute Gasteiger partial charge is 0.238 e. The van der Waals surface area contributed by atoms with E-state index in [9.17, 15) is 4.79 Å². The molecule has 0 saturated heterocycles. The standard InChI is InChI=1S/C20H24N2O/c1-14-8-10-18(15(2)12-14)21-20(23)13-22(3)19-11-9-16-6-4-5-7-17(16)19/h4-8,10,12,19H,9,11,13H2,1-3H3,(H,21,23). The maximum absolute atomic E-state index is 12.4. The molecule has 1 amide bonds. The van der Waals surface area contributed by atoms with E-state index in [2.05, 4.69) is 47.5 Å². The first-order chi connectivity index (χ1) is 11.0. The van der Waals surface area contributed by atoms with Crippen molar-refractivity contribution >= 4 is 11.6 Å². The number of amides is 1. The molecular weight excluding hydrogens is 284 g/mol. The molecule has 0 bridgehead atoms. The van der Waals surface area contributed by atoms with Crippen LogP contribution in [0.15, 0.2) is 42.5 Å². The van der Waals surface area contributed by atoms with Crippen LogP contribution in [0.1, 0.15) is 34.7 Å². The van der Waals surface area contributed by atoms with Crippen LogP contribution in [0, 0.1) is 13.8 Å². The summed E-state index contributed by atoms with van der Waals surface area (Å²) in [6.07, 6.45) is 2.19. The summed E-state index contributed by atoms with van der Waals surface area (Å²) >= 11 is 0. The normalized spacial score (nSPS) is 16.4. The fraction of sp³-hybridized carbons (Fsp3) is 0.350. The highest BCUT2D eigenvalue weighted by atomic mass is 16.2. The van der Waals surface area contributed by atoms with Gasteiger partial charge in [0, 0.05) is 11.7 Å². The number of rotatable bonds is 4. The lowest BCUT2D eigenvalue weighted by Gasteiger charge is -2.24. The summed E-state index contributed by atoms with van der Waals surface area (Å²) in [6, 6.07) is 15.0. The molecule has 2 aromatic carbocycles. The van der Waals surface area contributed by atoms with Gasteiger partial charge in [-0.15, -0.1) is 0 Å². The third kappa shape index (κ3) is 3.45. The first-order valence-corrected chi connectivity index (χ1v) is 8.20. The van der Waals surface area contributed by atoms with E-state index in [0.717, 1.165) is 24.1 Å². The van der Waals surface area contributed by atoms with Crippen molar-refractivity contribution < 1.29 is 4.79 Å². The number of likely N-dealkylation sites (N-methyl/N-ethyl adjacent to an activating group) is 1. The van der Waals surface area contributed by atoms with E-state index in [4.69, 9.17) is 0 Å². The molecule has 0 spiro atoms. The third-order valence-electron chi connectivity index (χ3n) is 4.68. The zero-order chi connectivity index (χ0) is 16.4. The highest BCUT2D eigenvalue weighted by Crippen LogP contribution is 2.34. The number of carbonyl (C=O) groups excluding carboxylic acids is 1. The number of nitrogens with one attached hydrogen (secondary N) is 1. The zero-order valence-electron chi connectivity index (χ0n) is 14.1. The Labute approximate surface area is 138 Å². The summed E-state index contributed by atoms with van der Waals surface area (Å²) in [7, 11) is 2.04. The van der Waals surface area contributed by atoms with Crippen LogP contribution in [0.3, 0.4) is 0 Å². The fourth-order valence-electron chi connectivity index (χ4n) is 3.47. The molecule has 0 aromatic heterocycles. The summed E-state index contributed by atoms with van der Waals surface area (Å²) in [4.78, 5) is 14.5. The summed E-state index contributed by atoms with van der Waals surface area (Å²) in [6.45, 7) is 4.50. The monoisotopic (exact) mass is 308 g/mol. The molecule has 0 fully saturated rings. The van der Waals surface area contributed by atoms with Gasteiger partial charge >= 0.3 is 0 Å².